The Bertz CT molecular complexity index is 611. The Morgan fingerprint density at radius 1 is 0.923 bits per heavy atom. The second kappa shape index (κ2) is 10.9. The van der Waals surface area contributed by atoms with E-state index in [1.165, 1.54) is 0 Å². The number of carbonyl (C=O) groups is 3. The Labute approximate surface area is 153 Å². The number of hydrogen-bond acceptors (Lipinski definition) is 6. The van der Waals surface area contributed by atoms with Gasteiger partial charge in [0.05, 0.1) is 11.0 Å². The van der Waals surface area contributed by atoms with Gasteiger partial charge in [0.15, 0.2) is 0 Å². The third-order valence-corrected chi connectivity index (χ3v) is 3.67. The summed E-state index contributed by atoms with van der Waals surface area (Å²) in [6.45, 7) is 8.42. The maximum absolute atomic E-state index is 12.2. The van der Waals surface area contributed by atoms with Crippen LogP contribution in [0.1, 0.15) is 30.1 Å². The van der Waals surface area contributed by atoms with Crippen molar-refractivity contribution in [2.24, 2.45) is 5.41 Å². The normalized spacial score (nSPS) is 10.5. The zero-order valence-corrected chi connectivity index (χ0v) is 14.9. The highest BCUT2D eigenvalue weighted by molar-refractivity contribution is 5.89. The highest BCUT2D eigenvalue weighted by Crippen LogP contribution is 2.27. The van der Waals surface area contributed by atoms with Gasteiger partial charge >= 0.3 is 17.9 Å². The summed E-state index contributed by atoms with van der Waals surface area (Å²) >= 11 is 0. The van der Waals surface area contributed by atoms with Crippen molar-refractivity contribution >= 4 is 17.9 Å². The average molecular weight is 360 g/mol. The molecule has 0 unspecified atom stereocenters. The number of ether oxygens (including phenoxy) is 3. The number of rotatable bonds is 11. The van der Waals surface area contributed by atoms with Gasteiger partial charge in [0, 0.05) is 12.2 Å². The van der Waals surface area contributed by atoms with Crippen molar-refractivity contribution in [1.82, 2.24) is 0 Å². The first-order valence-electron chi connectivity index (χ1n) is 8.27. The van der Waals surface area contributed by atoms with E-state index < -0.39 is 23.3 Å². The summed E-state index contributed by atoms with van der Waals surface area (Å²) in [7, 11) is 0. The van der Waals surface area contributed by atoms with Gasteiger partial charge in [-0.3, -0.25) is 0 Å². The Morgan fingerprint density at radius 2 is 1.42 bits per heavy atom. The first-order valence-corrected chi connectivity index (χ1v) is 8.27. The van der Waals surface area contributed by atoms with Crippen molar-refractivity contribution in [2.45, 2.75) is 19.8 Å². The molecule has 0 saturated carbocycles. The lowest BCUT2D eigenvalue weighted by atomic mass is 9.86. The molecule has 0 N–H and O–H groups in total. The maximum atomic E-state index is 12.2. The van der Waals surface area contributed by atoms with Crippen LogP contribution in [0.15, 0.2) is 55.6 Å². The highest BCUT2D eigenvalue weighted by Gasteiger charge is 2.35. The van der Waals surface area contributed by atoms with Crippen LogP contribution in [-0.2, 0) is 23.8 Å². The van der Waals surface area contributed by atoms with Crippen molar-refractivity contribution in [2.75, 3.05) is 19.8 Å². The number of esters is 3. The fourth-order valence-corrected chi connectivity index (χ4v) is 2.31. The minimum absolute atomic E-state index is 0.0661. The molecule has 6 heteroatoms. The number of benzene rings is 1. The summed E-state index contributed by atoms with van der Waals surface area (Å²) in [4.78, 5) is 35.1. The lowest BCUT2D eigenvalue weighted by Crippen LogP contribution is -2.39. The molecule has 0 bridgehead atoms. The fourth-order valence-electron chi connectivity index (χ4n) is 2.31. The Kier molecular flexibility index (Phi) is 8.84. The number of carbonyl (C=O) groups excluding carboxylic acids is 3. The summed E-state index contributed by atoms with van der Waals surface area (Å²) in [5, 5.41) is 0. The summed E-state index contributed by atoms with van der Waals surface area (Å²) in [6, 6.07) is 8.53. The van der Waals surface area contributed by atoms with Gasteiger partial charge in [-0.05, 0) is 18.6 Å². The zero-order valence-electron chi connectivity index (χ0n) is 14.9. The van der Waals surface area contributed by atoms with Gasteiger partial charge in [0.1, 0.15) is 19.8 Å². The molecule has 1 aromatic carbocycles. The second-order valence-electron chi connectivity index (χ2n) is 5.82. The van der Waals surface area contributed by atoms with E-state index in [1.54, 1.807) is 30.3 Å². The molecule has 140 valence electrons. The maximum Gasteiger partial charge on any atom is 0.338 e. The molecule has 0 amide bonds. The first-order chi connectivity index (χ1) is 12.5. The van der Waals surface area contributed by atoms with E-state index in [0.717, 1.165) is 12.2 Å². The fraction of sp³-hybridized carbons (Fsp3) is 0.350. The van der Waals surface area contributed by atoms with Gasteiger partial charge in [-0.2, -0.15) is 0 Å². The number of hydrogen-bond donors (Lipinski definition) is 0. The minimum Gasteiger partial charge on any atom is -0.462 e. The molecule has 0 aliphatic rings. The first kappa shape index (κ1) is 21.2. The van der Waals surface area contributed by atoms with Crippen molar-refractivity contribution in [3.05, 3.63) is 61.2 Å². The van der Waals surface area contributed by atoms with Crippen molar-refractivity contribution in [3.8, 4) is 0 Å². The predicted molar refractivity (Wildman–Crippen MR) is 96.4 cm³/mol. The van der Waals surface area contributed by atoms with Crippen LogP contribution in [-0.4, -0.2) is 37.7 Å². The van der Waals surface area contributed by atoms with E-state index in [2.05, 4.69) is 13.2 Å². The Morgan fingerprint density at radius 3 is 1.88 bits per heavy atom. The summed E-state index contributed by atoms with van der Waals surface area (Å²) < 4.78 is 15.7. The molecule has 0 saturated heterocycles. The Hall–Kier alpha value is -2.89. The second-order valence-corrected chi connectivity index (χ2v) is 5.82. The van der Waals surface area contributed by atoms with E-state index in [4.69, 9.17) is 14.2 Å². The van der Waals surface area contributed by atoms with Crippen LogP contribution in [0.25, 0.3) is 0 Å². The molecule has 1 aromatic rings. The molecule has 26 heavy (non-hydrogen) atoms. The van der Waals surface area contributed by atoms with Gasteiger partial charge in [0.25, 0.3) is 0 Å². The van der Waals surface area contributed by atoms with Crippen molar-refractivity contribution < 1.29 is 28.6 Å². The van der Waals surface area contributed by atoms with E-state index in [1.807, 2.05) is 6.92 Å². The molecule has 0 fully saturated rings. The van der Waals surface area contributed by atoms with E-state index >= 15 is 0 Å². The van der Waals surface area contributed by atoms with Crippen LogP contribution >= 0.6 is 0 Å². The smallest absolute Gasteiger partial charge is 0.338 e. The zero-order chi connectivity index (χ0) is 19.4. The van der Waals surface area contributed by atoms with Gasteiger partial charge in [-0.1, -0.05) is 44.7 Å². The van der Waals surface area contributed by atoms with Gasteiger partial charge in [-0.25, -0.2) is 14.4 Å². The van der Waals surface area contributed by atoms with Crippen LogP contribution < -0.4 is 0 Å². The van der Waals surface area contributed by atoms with E-state index in [-0.39, 0.29) is 19.8 Å². The third kappa shape index (κ3) is 6.93. The van der Waals surface area contributed by atoms with Gasteiger partial charge in [0.2, 0.25) is 0 Å². The standard InChI is InChI=1S/C20H24O6/c1-4-12-20(13-24-17(21)5-2,14-25-18(22)6-3)15-26-19(23)16-10-8-7-9-11-16/h5-11H,2-4,12-15H2,1H3. The monoisotopic (exact) mass is 360 g/mol. The van der Waals surface area contributed by atoms with Crippen LogP contribution in [0.2, 0.25) is 0 Å². The molecule has 1 rings (SSSR count). The molecule has 0 radical (unpaired) electrons. The van der Waals surface area contributed by atoms with Gasteiger partial charge < -0.3 is 14.2 Å². The molecular weight excluding hydrogens is 336 g/mol. The summed E-state index contributed by atoms with van der Waals surface area (Å²) in [5.41, 5.74) is -0.444. The van der Waals surface area contributed by atoms with Crippen molar-refractivity contribution in [3.63, 3.8) is 0 Å². The molecule has 0 atom stereocenters. The van der Waals surface area contributed by atoms with Crippen LogP contribution in [0.3, 0.4) is 0 Å². The molecule has 0 aliphatic heterocycles. The Balaban J connectivity index is 2.88. The quantitative estimate of drug-likeness (QED) is 0.343. The topological polar surface area (TPSA) is 78.9 Å². The molecular formula is C20H24O6. The minimum atomic E-state index is -0.851. The van der Waals surface area contributed by atoms with Gasteiger partial charge in [-0.15, -0.1) is 0 Å². The lowest BCUT2D eigenvalue weighted by molar-refractivity contribution is -0.150. The molecule has 0 aromatic heterocycles. The summed E-state index contributed by atoms with van der Waals surface area (Å²) in [6.07, 6.45) is 3.31. The lowest BCUT2D eigenvalue weighted by Gasteiger charge is -2.31. The van der Waals surface area contributed by atoms with Crippen LogP contribution in [0, 0.1) is 5.41 Å². The molecule has 0 heterocycles. The van der Waals surface area contributed by atoms with Crippen LogP contribution in [0.4, 0.5) is 0 Å². The SMILES string of the molecule is C=CC(=O)OCC(CCC)(COC(=O)C=C)COC(=O)c1ccccc1. The largest absolute Gasteiger partial charge is 0.462 e. The summed E-state index contributed by atoms with van der Waals surface area (Å²) in [5.74, 6) is -1.71. The molecule has 6 nitrogen and oxygen atoms in total. The van der Waals surface area contributed by atoms with E-state index in [0.29, 0.717) is 18.4 Å². The highest BCUT2D eigenvalue weighted by atomic mass is 16.6. The molecule has 0 aliphatic carbocycles. The van der Waals surface area contributed by atoms with Crippen molar-refractivity contribution in [1.29, 1.82) is 0 Å². The average Bonchev–Trinajstić information content (AvgIpc) is 2.68. The third-order valence-electron chi connectivity index (χ3n) is 3.67. The predicted octanol–water partition coefficient (Wildman–Crippen LogP) is 3.09. The van der Waals surface area contributed by atoms with Crippen LogP contribution in [0.5, 0.6) is 0 Å². The molecule has 0 spiro atoms. The van der Waals surface area contributed by atoms with E-state index in [9.17, 15) is 14.4 Å².